The number of carboxylic acids is 1. The fourth-order valence-electron chi connectivity index (χ4n) is 2.68. The monoisotopic (exact) mass is 309 g/mol. The van der Waals surface area contributed by atoms with Gasteiger partial charge in [-0.05, 0) is 30.5 Å². The maximum atomic E-state index is 13.2. The lowest BCUT2D eigenvalue weighted by Crippen LogP contribution is -2.34. The first-order valence-electron chi connectivity index (χ1n) is 6.82. The van der Waals surface area contributed by atoms with Crippen LogP contribution < -0.4 is 5.69 Å². The standard InChI is InChI=1S/C14H13F2N3O3/c15-9-5-4-8(6-10(9)16)7-18-14(22)19-11(13(20)21)2-1-3-12(19)17-18/h4-6,11H,1-3,7H2,(H,20,21)/t11-/m0/s1. The molecular formula is C14H13F2N3O3. The highest BCUT2D eigenvalue weighted by Crippen LogP contribution is 2.22. The van der Waals surface area contributed by atoms with Crippen molar-refractivity contribution >= 4 is 5.97 Å². The Bertz CT molecular complexity index is 797. The quantitative estimate of drug-likeness (QED) is 0.928. The summed E-state index contributed by atoms with van der Waals surface area (Å²) in [5.74, 6) is -2.63. The molecule has 1 N–H and O–H groups in total. The third-order valence-electron chi connectivity index (χ3n) is 3.73. The van der Waals surface area contributed by atoms with E-state index in [1.165, 1.54) is 10.6 Å². The number of aryl methyl sites for hydroxylation is 1. The lowest BCUT2D eigenvalue weighted by Gasteiger charge is -2.19. The highest BCUT2D eigenvalue weighted by atomic mass is 19.2. The summed E-state index contributed by atoms with van der Waals surface area (Å²) in [6, 6.07) is 2.41. The molecule has 0 saturated carbocycles. The Hall–Kier alpha value is -2.51. The molecule has 22 heavy (non-hydrogen) atoms. The maximum Gasteiger partial charge on any atom is 0.347 e. The molecule has 0 spiro atoms. The van der Waals surface area contributed by atoms with Gasteiger partial charge in [-0.1, -0.05) is 6.07 Å². The highest BCUT2D eigenvalue weighted by Gasteiger charge is 2.30. The summed E-state index contributed by atoms with van der Waals surface area (Å²) in [4.78, 5) is 23.5. The first-order valence-corrected chi connectivity index (χ1v) is 6.82. The second-order valence-corrected chi connectivity index (χ2v) is 5.22. The van der Waals surface area contributed by atoms with Gasteiger partial charge in [-0.15, -0.1) is 0 Å². The molecule has 0 fully saturated rings. The van der Waals surface area contributed by atoms with E-state index < -0.39 is 29.3 Å². The molecule has 1 aromatic heterocycles. The molecule has 1 aliphatic rings. The van der Waals surface area contributed by atoms with Crippen LogP contribution >= 0.6 is 0 Å². The maximum absolute atomic E-state index is 13.2. The first-order chi connectivity index (χ1) is 10.5. The van der Waals surface area contributed by atoms with E-state index in [0.717, 1.165) is 16.8 Å². The van der Waals surface area contributed by atoms with E-state index in [4.69, 9.17) is 0 Å². The van der Waals surface area contributed by atoms with Crippen molar-refractivity contribution < 1.29 is 18.7 Å². The van der Waals surface area contributed by atoms with E-state index in [-0.39, 0.29) is 6.54 Å². The number of carboxylic acid groups (broad SMARTS) is 1. The lowest BCUT2D eigenvalue weighted by molar-refractivity contribution is -0.141. The van der Waals surface area contributed by atoms with Crippen molar-refractivity contribution in [2.45, 2.75) is 31.8 Å². The zero-order valence-electron chi connectivity index (χ0n) is 11.5. The number of nitrogens with zero attached hydrogens (tertiary/aromatic N) is 3. The van der Waals surface area contributed by atoms with Crippen molar-refractivity contribution in [3.63, 3.8) is 0 Å². The molecule has 116 valence electrons. The topological polar surface area (TPSA) is 77.1 Å². The molecule has 2 aromatic rings. The number of aliphatic carboxylic acids is 1. The minimum Gasteiger partial charge on any atom is -0.480 e. The molecule has 1 aromatic carbocycles. The summed E-state index contributed by atoms with van der Waals surface area (Å²) in [5, 5.41) is 13.3. The van der Waals surface area contributed by atoms with Gasteiger partial charge in [0.15, 0.2) is 11.6 Å². The van der Waals surface area contributed by atoms with E-state index in [1.807, 2.05) is 0 Å². The smallest absolute Gasteiger partial charge is 0.347 e. The van der Waals surface area contributed by atoms with Gasteiger partial charge in [-0.3, -0.25) is 4.57 Å². The van der Waals surface area contributed by atoms with Crippen LogP contribution in [0.25, 0.3) is 0 Å². The third kappa shape index (κ3) is 2.40. The molecule has 0 bridgehead atoms. The second kappa shape index (κ2) is 5.36. The molecule has 0 unspecified atom stereocenters. The van der Waals surface area contributed by atoms with Crippen LogP contribution in [0, 0.1) is 11.6 Å². The molecule has 6 nitrogen and oxygen atoms in total. The molecule has 0 aliphatic carbocycles. The minimum absolute atomic E-state index is 0.0393. The summed E-state index contributed by atoms with van der Waals surface area (Å²) >= 11 is 0. The van der Waals surface area contributed by atoms with Crippen LogP contribution in [0.1, 0.15) is 30.3 Å². The van der Waals surface area contributed by atoms with Gasteiger partial charge in [-0.2, -0.15) is 5.10 Å². The predicted molar refractivity (Wildman–Crippen MR) is 71.6 cm³/mol. The van der Waals surface area contributed by atoms with E-state index in [9.17, 15) is 23.5 Å². The molecule has 1 atom stereocenters. The zero-order valence-corrected chi connectivity index (χ0v) is 11.5. The van der Waals surface area contributed by atoms with Crippen LogP contribution in [0.2, 0.25) is 0 Å². The Balaban J connectivity index is 1.97. The third-order valence-corrected chi connectivity index (χ3v) is 3.73. The van der Waals surface area contributed by atoms with Crippen molar-refractivity contribution in [3.8, 4) is 0 Å². The summed E-state index contributed by atoms with van der Waals surface area (Å²) < 4.78 is 28.4. The SMILES string of the molecule is O=C(O)[C@@H]1CCCc2nn(Cc3ccc(F)c(F)c3)c(=O)n21. The van der Waals surface area contributed by atoms with Crippen molar-refractivity contribution in [1.82, 2.24) is 14.3 Å². The molecule has 0 amide bonds. The van der Waals surface area contributed by atoms with Gasteiger partial charge in [0.05, 0.1) is 6.54 Å². The van der Waals surface area contributed by atoms with Crippen molar-refractivity contribution in [2.75, 3.05) is 0 Å². The minimum atomic E-state index is -1.07. The largest absolute Gasteiger partial charge is 0.480 e. The molecule has 0 saturated heterocycles. The molecular weight excluding hydrogens is 296 g/mol. The molecule has 8 heteroatoms. The van der Waals surface area contributed by atoms with Gasteiger partial charge < -0.3 is 5.11 Å². The Kier molecular flexibility index (Phi) is 3.51. The van der Waals surface area contributed by atoms with Crippen molar-refractivity contribution in [2.24, 2.45) is 0 Å². The first kappa shape index (κ1) is 14.4. The number of fused-ring (bicyclic) bond motifs is 1. The van der Waals surface area contributed by atoms with Crippen LogP contribution in [0.15, 0.2) is 23.0 Å². The Labute approximate surface area is 123 Å². The van der Waals surface area contributed by atoms with Gasteiger partial charge >= 0.3 is 11.7 Å². The van der Waals surface area contributed by atoms with Gasteiger partial charge in [0.25, 0.3) is 0 Å². The second-order valence-electron chi connectivity index (χ2n) is 5.22. The molecule has 2 heterocycles. The van der Waals surface area contributed by atoms with Crippen LogP contribution in [0.4, 0.5) is 8.78 Å². The number of carbonyl (C=O) groups is 1. The Morgan fingerprint density at radius 2 is 2.14 bits per heavy atom. The van der Waals surface area contributed by atoms with Crippen molar-refractivity contribution in [1.29, 1.82) is 0 Å². The van der Waals surface area contributed by atoms with Gasteiger partial charge in [0.2, 0.25) is 0 Å². The lowest BCUT2D eigenvalue weighted by atomic mass is 10.1. The summed E-state index contributed by atoms with van der Waals surface area (Å²) in [6.45, 7) is -0.0393. The van der Waals surface area contributed by atoms with Gasteiger partial charge in [-0.25, -0.2) is 23.1 Å². The average Bonchev–Trinajstić information content (AvgIpc) is 2.79. The van der Waals surface area contributed by atoms with Gasteiger partial charge in [0.1, 0.15) is 11.9 Å². The predicted octanol–water partition coefficient (Wildman–Crippen LogP) is 1.33. The van der Waals surface area contributed by atoms with Gasteiger partial charge in [0, 0.05) is 6.42 Å². The molecule has 1 aliphatic heterocycles. The number of aromatic nitrogens is 3. The highest BCUT2D eigenvalue weighted by molar-refractivity contribution is 5.72. The van der Waals surface area contributed by atoms with E-state index in [0.29, 0.717) is 30.7 Å². The Morgan fingerprint density at radius 3 is 2.82 bits per heavy atom. The molecule has 0 radical (unpaired) electrons. The summed E-state index contributed by atoms with van der Waals surface area (Å²) in [5.41, 5.74) is -0.171. The fraction of sp³-hybridized carbons (Fsp3) is 0.357. The van der Waals surface area contributed by atoms with E-state index >= 15 is 0 Å². The van der Waals surface area contributed by atoms with E-state index in [2.05, 4.69) is 5.10 Å². The number of benzene rings is 1. The summed E-state index contributed by atoms with van der Waals surface area (Å²) in [6.07, 6.45) is 1.53. The summed E-state index contributed by atoms with van der Waals surface area (Å²) in [7, 11) is 0. The normalized spacial score (nSPS) is 17.3. The van der Waals surface area contributed by atoms with Crippen LogP contribution in [0.3, 0.4) is 0 Å². The Morgan fingerprint density at radius 1 is 1.36 bits per heavy atom. The molecule has 3 rings (SSSR count). The van der Waals surface area contributed by atoms with Crippen LogP contribution in [-0.2, 0) is 17.8 Å². The van der Waals surface area contributed by atoms with E-state index in [1.54, 1.807) is 0 Å². The van der Waals surface area contributed by atoms with Crippen LogP contribution in [-0.4, -0.2) is 25.4 Å². The number of halogens is 2. The average molecular weight is 309 g/mol. The van der Waals surface area contributed by atoms with Crippen molar-refractivity contribution in [3.05, 3.63) is 51.7 Å². The van der Waals surface area contributed by atoms with Crippen LogP contribution in [0.5, 0.6) is 0 Å². The zero-order chi connectivity index (χ0) is 15.9. The number of hydrogen-bond donors (Lipinski definition) is 1. The number of rotatable bonds is 3. The fourth-order valence-corrected chi connectivity index (χ4v) is 2.68. The number of hydrogen-bond acceptors (Lipinski definition) is 3.